The zero-order valence-corrected chi connectivity index (χ0v) is 11.3. The number of nitrogens with zero attached hydrogens (tertiary/aromatic N) is 2. The summed E-state index contributed by atoms with van der Waals surface area (Å²) in [5.41, 5.74) is 1.41. The van der Waals surface area contributed by atoms with Crippen molar-refractivity contribution in [1.82, 2.24) is 15.1 Å². The molecule has 1 N–H and O–H groups in total. The molecule has 1 aromatic rings. The highest BCUT2D eigenvalue weighted by molar-refractivity contribution is 6.18. The van der Waals surface area contributed by atoms with Gasteiger partial charge in [0.15, 0.2) is 0 Å². The van der Waals surface area contributed by atoms with Gasteiger partial charge in [-0.3, -0.25) is 4.68 Å². The zero-order chi connectivity index (χ0) is 12.1. The van der Waals surface area contributed by atoms with Gasteiger partial charge in [0.1, 0.15) is 0 Å². The number of alkyl halides is 1. The van der Waals surface area contributed by atoms with E-state index < -0.39 is 0 Å². The molecule has 4 heteroatoms. The molecule has 0 aliphatic heterocycles. The predicted octanol–water partition coefficient (Wildman–Crippen LogP) is 2.93. The van der Waals surface area contributed by atoms with Crippen LogP contribution in [0, 0.1) is 0 Å². The molecule has 2 rings (SSSR count). The van der Waals surface area contributed by atoms with Crippen molar-refractivity contribution < 1.29 is 0 Å². The predicted molar refractivity (Wildman–Crippen MR) is 71.3 cm³/mol. The monoisotopic (exact) mass is 255 g/mol. The molecule has 3 nitrogen and oxygen atoms in total. The maximum absolute atomic E-state index is 6.15. The van der Waals surface area contributed by atoms with Gasteiger partial charge in [-0.25, -0.2) is 0 Å². The summed E-state index contributed by atoms with van der Waals surface area (Å²) >= 11 is 6.15. The first-order chi connectivity index (χ1) is 8.28. The summed E-state index contributed by atoms with van der Waals surface area (Å²) in [5.74, 6) is 0.717. The van der Waals surface area contributed by atoms with Gasteiger partial charge >= 0.3 is 0 Å². The molecule has 1 aliphatic rings. The van der Waals surface area contributed by atoms with E-state index in [2.05, 4.69) is 23.5 Å². The van der Waals surface area contributed by atoms with Gasteiger partial charge in [-0.05, 0) is 19.8 Å². The standard InChI is InChI=1S/C13H22ClN3/c1-2-17-10-12(9-16-17)8-15-13(11-14)6-4-3-5-7-13/h9-10,15H,2-8,11H2,1H3. The van der Waals surface area contributed by atoms with Crippen LogP contribution in [0.1, 0.15) is 44.6 Å². The van der Waals surface area contributed by atoms with Crippen LogP contribution in [-0.4, -0.2) is 21.2 Å². The second kappa shape index (κ2) is 5.87. The lowest BCUT2D eigenvalue weighted by Crippen LogP contribution is -2.47. The van der Waals surface area contributed by atoms with E-state index in [4.69, 9.17) is 11.6 Å². The quantitative estimate of drug-likeness (QED) is 0.820. The Morgan fingerprint density at radius 1 is 1.41 bits per heavy atom. The van der Waals surface area contributed by atoms with Crippen LogP contribution >= 0.6 is 11.6 Å². The van der Waals surface area contributed by atoms with Crippen LogP contribution in [0.15, 0.2) is 12.4 Å². The van der Waals surface area contributed by atoms with Crippen molar-refractivity contribution in [3.63, 3.8) is 0 Å². The molecule has 0 spiro atoms. The fourth-order valence-corrected chi connectivity index (χ4v) is 2.91. The molecule has 0 radical (unpaired) electrons. The number of hydrogen-bond donors (Lipinski definition) is 1. The van der Waals surface area contributed by atoms with Gasteiger partial charge in [0, 0.05) is 36.3 Å². The van der Waals surface area contributed by atoms with Crippen LogP contribution in [-0.2, 0) is 13.1 Å². The van der Waals surface area contributed by atoms with Crippen LogP contribution in [0.3, 0.4) is 0 Å². The van der Waals surface area contributed by atoms with Gasteiger partial charge in [-0.1, -0.05) is 19.3 Å². The molecule has 1 heterocycles. The Morgan fingerprint density at radius 3 is 2.76 bits per heavy atom. The van der Waals surface area contributed by atoms with Crippen molar-refractivity contribution in [2.45, 2.75) is 57.7 Å². The highest BCUT2D eigenvalue weighted by Crippen LogP contribution is 2.29. The SMILES string of the molecule is CCn1cc(CNC2(CCl)CCCCC2)cn1. The molecule has 1 saturated carbocycles. The van der Waals surface area contributed by atoms with E-state index in [0.29, 0.717) is 0 Å². The minimum Gasteiger partial charge on any atom is -0.306 e. The number of hydrogen-bond acceptors (Lipinski definition) is 2. The normalized spacial score (nSPS) is 19.4. The van der Waals surface area contributed by atoms with E-state index in [-0.39, 0.29) is 5.54 Å². The molecule has 0 unspecified atom stereocenters. The lowest BCUT2D eigenvalue weighted by atomic mass is 9.83. The number of aromatic nitrogens is 2. The molecule has 0 atom stereocenters. The van der Waals surface area contributed by atoms with Gasteiger partial charge < -0.3 is 5.32 Å². The Labute approximate surface area is 109 Å². The van der Waals surface area contributed by atoms with Gasteiger partial charge in [0.05, 0.1) is 6.20 Å². The summed E-state index contributed by atoms with van der Waals surface area (Å²) in [6.07, 6.45) is 10.4. The fourth-order valence-electron chi connectivity index (χ4n) is 2.55. The summed E-state index contributed by atoms with van der Waals surface area (Å²) in [5, 5.41) is 7.94. The van der Waals surface area contributed by atoms with Crippen LogP contribution < -0.4 is 5.32 Å². The molecule has 1 aromatic heterocycles. The largest absolute Gasteiger partial charge is 0.306 e. The van der Waals surface area contributed by atoms with Crippen LogP contribution in [0.5, 0.6) is 0 Å². The first-order valence-corrected chi connectivity index (χ1v) is 7.14. The number of rotatable bonds is 5. The number of halogens is 1. The number of nitrogens with one attached hydrogen (secondary N) is 1. The van der Waals surface area contributed by atoms with E-state index >= 15 is 0 Å². The van der Waals surface area contributed by atoms with Crippen LogP contribution in [0.4, 0.5) is 0 Å². The van der Waals surface area contributed by atoms with E-state index in [0.717, 1.165) is 19.0 Å². The molecule has 17 heavy (non-hydrogen) atoms. The molecular formula is C13H22ClN3. The minimum absolute atomic E-state index is 0.161. The third-order valence-corrected chi connectivity index (χ3v) is 4.26. The Bertz CT molecular complexity index is 342. The summed E-state index contributed by atoms with van der Waals surface area (Å²) in [4.78, 5) is 0. The molecule has 0 amide bonds. The average molecular weight is 256 g/mol. The second-order valence-electron chi connectivity index (χ2n) is 5.03. The molecule has 0 saturated heterocycles. The first kappa shape index (κ1) is 12.9. The van der Waals surface area contributed by atoms with Crippen molar-refractivity contribution in [3.8, 4) is 0 Å². The lowest BCUT2D eigenvalue weighted by molar-refractivity contribution is 0.256. The van der Waals surface area contributed by atoms with E-state index in [1.807, 2.05) is 10.9 Å². The summed E-state index contributed by atoms with van der Waals surface area (Å²) in [6, 6.07) is 0. The average Bonchev–Trinajstić information content (AvgIpc) is 2.85. The summed E-state index contributed by atoms with van der Waals surface area (Å²) in [7, 11) is 0. The molecule has 0 bridgehead atoms. The van der Waals surface area contributed by atoms with Crippen molar-refractivity contribution in [3.05, 3.63) is 18.0 Å². The van der Waals surface area contributed by atoms with Crippen molar-refractivity contribution in [2.24, 2.45) is 0 Å². The molecule has 96 valence electrons. The van der Waals surface area contributed by atoms with Gasteiger partial charge in [0.2, 0.25) is 0 Å². The van der Waals surface area contributed by atoms with E-state index in [9.17, 15) is 0 Å². The maximum Gasteiger partial charge on any atom is 0.0534 e. The third-order valence-electron chi connectivity index (χ3n) is 3.74. The van der Waals surface area contributed by atoms with E-state index in [1.165, 1.54) is 37.7 Å². The molecular weight excluding hydrogens is 234 g/mol. The third kappa shape index (κ3) is 3.23. The highest BCUT2D eigenvalue weighted by atomic mass is 35.5. The van der Waals surface area contributed by atoms with Crippen molar-refractivity contribution in [2.75, 3.05) is 5.88 Å². The smallest absolute Gasteiger partial charge is 0.0534 e. The van der Waals surface area contributed by atoms with Gasteiger partial charge in [-0.15, -0.1) is 11.6 Å². The van der Waals surface area contributed by atoms with Crippen LogP contribution in [0.25, 0.3) is 0 Å². The molecule has 1 aliphatic carbocycles. The fraction of sp³-hybridized carbons (Fsp3) is 0.769. The minimum atomic E-state index is 0.161. The highest BCUT2D eigenvalue weighted by Gasteiger charge is 2.30. The summed E-state index contributed by atoms with van der Waals surface area (Å²) in [6.45, 7) is 3.92. The Kier molecular flexibility index (Phi) is 4.46. The Morgan fingerprint density at radius 2 is 2.18 bits per heavy atom. The molecule has 0 aromatic carbocycles. The van der Waals surface area contributed by atoms with Crippen molar-refractivity contribution in [1.29, 1.82) is 0 Å². The van der Waals surface area contributed by atoms with E-state index in [1.54, 1.807) is 0 Å². The topological polar surface area (TPSA) is 29.9 Å². The summed E-state index contributed by atoms with van der Waals surface area (Å²) < 4.78 is 1.96. The van der Waals surface area contributed by atoms with Gasteiger partial charge in [0.25, 0.3) is 0 Å². The Balaban J connectivity index is 1.90. The molecule has 1 fully saturated rings. The zero-order valence-electron chi connectivity index (χ0n) is 10.6. The Hall–Kier alpha value is -0.540. The van der Waals surface area contributed by atoms with Gasteiger partial charge in [-0.2, -0.15) is 5.10 Å². The lowest BCUT2D eigenvalue weighted by Gasteiger charge is -2.36. The van der Waals surface area contributed by atoms with Crippen molar-refractivity contribution >= 4 is 11.6 Å². The first-order valence-electron chi connectivity index (χ1n) is 6.60. The number of aryl methyl sites for hydroxylation is 1. The maximum atomic E-state index is 6.15. The second-order valence-corrected chi connectivity index (χ2v) is 5.30. The van der Waals surface area contributed by atoms with Crippen LogP contribution in [0.2, 0.25) is 0 Å².